The van der Waals surface area contributed by atoms with Crippen molar-refractivity contribution >= 4 is 18.1 Å². The van der Waals surface area contributed by atoms with Crippen LogP contribution in [-0.4, -0.2) is 42.7 Å². The van der Waals surface area contributed by atoms with Crippen LogP contribution in [0.2, 0.25) is 0 Å². The molecular formula is C23H28N4O6. The largest absolute Gasteiger partial charge is 0.459 e. The first-order valence-electron chi connectivity index (χ1n) is 10.5. The Morgan fingerprint density at radius 2 is 1.48 bits per heavy atom. The zero-order valence-corrected chi connectivity index (χ0v) is 18.4. The zero-order chi connectivity index (χ0) is 23.9. The Balaban J connectivity index is 1.84. The quantitative estimate of drug-likeness (QED) is 0.218. The number of urea groups is 1. The summed E-state index contributed by atoms with van der Waals surface area (Å²) in [4.78, 5) is 46.7. The van der Waals surface area contributed by atoms with Crippen LogP contribution in [0, 0.1) is 4.91 Å². The van der Waals surface area contributed by atoms with E-state index in [4.69, 9.17) is 9.47 Å². The van der Waals surface area contributed by atoms with E-state index in [-0.39, 0.29) is 26.2 Å². The molecule has 176 valence electrons. The fourth-order valence-electron chi connectivity index (χ4n) is 2.81. The highest BCUT2D eigenvalue weighted by molar-refractivity contribution is 5.81. The summed E-state index contributed by atoms with van der Waals surface area (Å²) >= 11 is 0. The first-order chi connectivity index (χ1) is 16.0. The zero-order valence-electron chi connectivity index (χ0n) is 18.4. The van der Waals surface area contributed by atoms with Gasteiger partial charge in [0.05, 0.1) is 5.29 Å². The molecule has 0 saturated carbocycles. The van der Waals surface area contributed by atoms with E-state index in [0.717, 1.165) is 11.1 Å². The van der Waals surface area contributed by atoms with Crippen LogP contribution in [0.25, 0.3) is 0 Å². The molecule has 33 heavy (non-hydrogen) atoms. The number of hydrogen-bond donors (Lipinski definition) is 2. The Bertz CT molecular complexity index is 894. The summed E-state index contributed by atoms with van der Waals surface area (Å²) in [6.07, 6.45) is 0.572. The second kappa shape index (κ2) is 14.2. The third-order valence-corrected chi connectivity index (χ3v) is 4.63. The molecule has 0 spiro atoms. The molecule has 0 aliphatic heterocycles. The standard InChI is InChI=1S/C23H28N4O6/c1-27(26-31)22(29)24-15-9-8-14-20(21(28)32-16-18-10-4-2-5-11-18)25-23(30)33-17-19-12-6-3-7-13-19/h2-7,10-13,20H,8-9,14-17H2,1H3,(H,24,29)(H,25,30). The molecule has 0 aromatic heterocycles. The monoisotopic (exact) mass is 456 g/mol. The third-order valence-electron chi connectivity index (χ3n) is 4.63. The average Bonchev–Trinajstić information content (AvgIpc) is 2.85. The molecule has 1 atom stereocenters. The number of carbonyl (C=O) groups is 3. The van der Waals surface area contributed by atoms with Crippen molar-refractivity contribution in [1.29, 1.82) is 0 Å². The molecule has 0 radical (unpaired) electrons. The molecule has 0 bridgehead atoms. The van der Waals surface area contributed by atoms with Gasteiger partial charge < -0.3 is 20.1 Å². The van der Waals surface area contributed by atoms with E-state index >= 15 is 0 Å². The molecule has 1 unspecified atom stereocenters. The Labute approximate surface area is 192 Å². The highest BCUT2D eigenvalue weighted by Crippen LogP contribution is 2.08. The van der Waals surface area contributed by atoms with Crippen LogP contribution in [0.4, 0.5) is 9.59 Å². The predicted octanol–water partition coefficient (Wildman–Crippen LogP) is 3.52. The molecule has 3 amide bonds. The predicted molar refractivity (Wildman–Crippen MR) is 121 cm³/mol. The fourth-order valence-corrected chi connectivity index (χ4v) is 2.81. The van der Waals surface area contributed by atoms with Gasteiger partial charge in [-0.25, -0.2) is 14.4 Å². The van der Waals surface area contributed by atoms with Gasteiger partial charge in [-0.1, -0.05) is 60.7 Å². The summed E-state index contributed by atoms with van der Waals surface area (Å²) in [6, 6.07) is 16.9. The maximum absolute atomic E-state index is 12.6. The topological polar surface area (TPSA) is 126 Å². The molecular weight excluding hydrogens is 428 g/mol. The van der Waals surface area contributed by atoms with Crippen LogP contribution in [0.1, 0.15) is 30.4 Å². The van der Waals surface area contributed by atoms with Crippen molar-refractivity contribution in [1.82, 2.24) is 15.6 Å². The summed E-state index contributed by atoms with van der Waals surface area (Å²) in [6.45, 7) is 0.434. The van der Waals surface area contributed by atoms with Crippen molar-refractivity contribution in [3.63, 3.8) is 0 Å². The van der Waals surface area contributed by atoms with Gasteiger partial charge in [-0.05, 0) is 30.4 Å². The van der Waals surface area contributed by atoms with E-state index in [1.807, 2.05) is 60.7 Å². The maximum atomic E-state index is 12.6. The molecule has 0 heterocycles. The fraction of sp³-hybridized carbons (Fsp3) is 0.348. The summed E-state index contributed by atoms with van der Waals surface area (Å²) in [5, 5.41) is 8.24. The van der Waals surface area contributed by atoms with Crippen molar-refractivity contribution in [3.05, 3.63) is 76.7 Å². The summed E-state index contributed by atoms with van der Waals surface area (Å²) < 4.78 is 10.6. The van der Waals surface area contributed by atoms with E-state index in [0.29, 0.717) is 17.9 Å². The number of alkyl carbamates (subject to hydrolysis) is 1. The Kier molecular flexibility index (Phi) is 10.9. The van der Waals surface area contributed by atoms with Gasteiger partial charge in [0.15, 0.2) is 0 Å². The van der Waals surface area contributed by atoms with E-state index in [1.165, 1.54) is 7.05 Å². The Morgan fingerprint density at radius 3 is 2.06 bits per heavy atom. The van der Waals surface area contributed by atoms with Gasteiger partial charge in [-0.15, -0.1) is 4.91 Å². The lowest BCUT2D eigenvalue weighted by Gasteiger charge is -2.18. The minimum absolute atomic E-state index is 0.0722. The van der Waals surface area contributed by atoms with Gasteiger partial charge in [-0.2, -0.15) is 5.01 Å². The minimum Gasteiger partial charge on any atom is -0.459 e. The van der Waals surface area contributed by atoms with Gasteiger partial charge >= 0.3 is 18.1 Å². The smallest absolute Gasteiger partial charge is 0.408 e. The van der Waals surface area contributed by atoms with E-state index in [9.17, 15) is 19.3 Å². The molecule has 0 fully saturated rings. The van der Waals surface area contributed by atoms with Crippen LogP contribution in [0.15, 0.2) is 65.9 Å². The Hall–Kier alpha value is -3.95. The van der Waals surface area contributed by atoms with Crippen LogP contribution in [0.5, 0.6) is 0 Å². The number of nitrogens with one attached hydrogen (secondary N) is 2. The highest BCUT2D eigenvalue weighted by Gasteiger charge is 2.23. The number of benzene rings is 2. The number of carbonyl (C=O) groups excluding carboxylic acids is 3. The SMILES string of the molecule is CN(N=O)C(=O)NCCCCC(NC(=O)OCc1ccccc1)C(=O)OCc1ccccc1. The molecule has 10 heteroatoms. The maximum Gasteiger partial charge on any atom is 0.408 e. The van der Waals surface area contributed by atoms with Crippen LogP contribution < -0.4 is 10.6 Å². The van der Waals surface area contributed by atoms with Gasteiger partial charge in [0.1, 0.15) is 19.3 Å². The van der Waals surface area contributed by atoms with E-state index < -0.39 is 24.1 Å². The number of ether oxygens (including phenoxy) is 2. The lowest BCUT2D eigenvalue weighted by molar-refractivity contribution is -0.147. The molecule has 10 nitrogen and oxygen atoms in total. The number of rotatable bonds is 12. The van der Waals surface area contributed by atoms with E-state index in [2.05, 4.69) is 15.9 Å². The Morgan fingerprint density at radius 1 is 0.909 bits per heavy atom. The van der Waals surface area contributed by atoms with Crippen molar-refractivity contribution in [2.45, 2.75) is 38.5 Å². The second-order valence-electron chi connectivity index (χ2n) is 7.18. The van der Waals surface area contributed by atoms with Gasteiger partial charge in [-0.3, -0.25) is 0 Å². The van der Waals surface area contributed by atoms with Gasteiger partial charge in [0.25, 0.3) is 0 Å². The number of hydrogen-bond acceptors (Lipinski definition) is 7. The van der Waals surface area contributed by atoms with Crippen molar-refractivity contribution in [3.8, 4) is 0 Å². The summed E-state index contributed by atoms with van der Waals surface area (Å²) in [5.41, 5.74) is 1.65. The molecule has 2 aromatic carbocycles. The second-order valence-corrected chi connectivity index (χ2v) is 7.18. The summed E-state index contributed by atoms with van der Waals surface area (Å²) in [7, 11) is 1.24. The van der Waals surface area contributed by atoms with Crippen molar-refractivity contribution in [2.75, 3.05) is 13.6 Å². The van der Waals surface area contributed by atoms with Gasteiger partial charge in [0.2, 0.25) is 0 Å². The first kappa shape index (κ1) is 25.3. The van der Waals surface area contributed by atoms with Crippen LogP contribution in [0.3, 0.4) is 0 Å². The third kappa shape index (κ3) is 9.81. The molecule has 0 aliphatic rings. The average molecular weight is 456 g/mol. The number of nitroso groups, excluding NO2 is 1. The highest BCUT2D eigenvalue weighted by atomic mass is 16.6. The molecule has 0 saturated heterocycles. The molecule has 2 N–H and O–H groups in total. The minimum atomic E-state index is -0.910. The molecule has 2 aromatic rings. The molecule has 2 rings (SSSR count). The number of unbranched alkanes of at least 4 members (excludes halogenated alkanes) is 1. The summed E-state index contributed by atoms with van der Waals surface area (Å²) in [5.74, 6) is -0.579. The normalized spacial score (nSPS) is 11.1. The molecule has 0 aliphatic carbocycles. The lowest BCUT2D eigenvalue weighted by atomic mass is 10.1. The van der Waals surface area contributed by atoms with E-state index in [1.54, 1.807) is 0 Å². The van der Waals surface area contributed by atoms with Crippen LogP contribution in [-0.2, 0) is 27.5 Å². The van der Waals surface area contributed by atoms with Crippen molar-refractivity contribution in [2.24, 2.45) is 5.29 Å². The van der Waals surface area contributed by atoms with Gasteiger partial charge in [0, 0.05) is 13.6 Å². The van der Waals surface area contributed by atoms with Crippen LogP contribution >= 0.6 is 0 Å². The number of amides is 3. The number of esters is 1. The lowest BCUT2D eigenvalue weighted by Crippen LogP contribution is -2.42. The number of nitrogens with zero attached hydrogens (tertiary/aromatic N) is 2. The van der Waals surface area contributed by atoms with Crippen molar-refractivity contribution < 1.29 is 23.9 Å². The first-order valence-corrected chi connectivity index (χ1v) is 10.5.